The molecule has 0 saturated heterocycles. The summed E-state index contributed by atoms with van der Waals surface area (Å²) in [7, 11) is 3.67. The lowest BCUT2D eigenvalue weighted by atomic mass is 10.1. The molecule has 0 saturated carbocycles. The van der Waals surface area contributed by atoms with Crippen LogP contribution in [0.2, 0.25) is 0 Å². The minimum absolute atomic E-state index is 0.197. The Hall–Kier alpha value is -3.44. The second-order valence-electron chi connectivity index (χ2n) is 6.09. The fourth-order valence-electron chi connectivity index (χ4n) is 2.49. The Kier molecular flexibility index (Phi) is 4.82. The van der Waals surface area contributed by atoms with Crippen LogP contribution in [0.4, 0.5) is 11.6 Å². The molecule has 1 aliphatic rings. The fourth-order valence-corrected chi connectivity index (χ4v) is 2.49. The molecule has 2 N–H and O–H groups in total. The number of amides is 2. The molecule has 132 valence electrons. The molecule has 0 aromatic carbocycles. The lowest BCUT2D eigenvalue weighted by Gasteiger charge is -2.18. The molecule has 7 nitrogen and oxygen atoms in total. The van der Waals surface area contributed by atoms with Crippen LogP contribution in [-0.4, -0.2) is 35.9 Å². The highest BCUT2D eigenvalue weighted by Crippen LogP contribution is 2.26. The number of carbonyl (C=O) groups is 2. The molecule has 0 spiro atoms. The van der Waals surface area contributed by atoms with Gasteiger partial charge >= 0.3 is 0 Å². The van der Waals surface area contributed by atoms with Crippen molar-refractivity contribution in [2.75, 3.05) is 24.3 Å². The van der Waals surface area contributed by atoms with Crippen molar-refractivity contribution in [1.29, 1.82) is 0 Å². The monoisotopic (exact) mass is 349 g/mol. The number of hydrogen-bond acceptors (Lipinski definition) is 5. The highest BCUT2D eigenvalue weighted by atomic mass is 16.2. The molecule has 0 fully saturated rings. The number of anilines is 2. The van der Waals surface area contributed by atoms with Crippen molar-refractivity contribution < 1.29 is 9.59 Å². The molecule has 3 rings (SSSR count). The van der Waals surface area contributed by atoms with Crippen molar-refractivity contribution in [3.63, 3.8) is 0 Å². The van der Waals surface area contributed by atoms with Crippen LogP contribution in [0.5, 0.6) is 0 Å². The van der Waals surface area contributed by atoms with Crippen LogP contribution in [-0.2, 0) is 4.79 Å². The molecule has 2 aromatic rings. The highest BCUT2D eigenvalue weighted by molar-refractivity contribution is 6.01. The first-order valence-electron chi connectivity index (χ1n) is 8.11. The van der Waals surface area contributed by atoms with E-state index in [1.54, 1.807) is 35.5 Å². The van der Waals surface area contributed by atoms with Crippen molar-refractivity contribution in [1.82, 2.24) is 15.3 Å². The molecule has 0 atom stereocenters. The van der Waals surface area contributed by atoms with E-state index in [9.17, 15) is 9.59 Å². The molecule has 26 heavy (non-hydrogen) atoms. The first kappa shape index (κ1) is 17.4. The Bertz CT molecular complexity index is 943. The van der Waals surface area contributed by atoms with Gasteiger partial charge in [-0.05, 0) is 29.8 Å². The average molecular weight is 349 g/mol. The highest BCUT2D eigenvalue weighted by Gasteiger charge is 2.18. The summed E-state index contributed by atoms with van der Waals surface area (Å²) in [5, 5.41) is 5.49. The van der Waals surface area contributed by atoms with Gasteiger partial charge in [-0.1, -0.05) is 0 Å². The van der Waals surface area contributed by atoms with Crippen LogP contribution >= 0.6 is 0 Å². The van der Waals surface area contributed by atoms with E-state index in [1.165, 1.54) is 6.92 Å². The van der Waals surface area contributed by atoms with Crippen LogP contribution in [0.15, 0.2) is 48.1 Å². The standard InChI is InChI=1S/C19H19N5O2/c1-12(25)22-17-10-13(7-8-20-17)14-9-16(18(21-11-14)24(2)3)19(26)23-15-5-4-6-15/h4,7-11H,5H2,1-3H3,(H,23,26)(H,20,22,25). The zero-order valence-corrected chi connectivity index (χ0v) is 14.8. The molecule has 0 radical (unpaired) electrons. The number of nitrogens with one attached hydrogen (secondary N) is 2. The summed E-state index contributed by atoms with van der Waals surface area (Å²) in [6.45, 7) is 1.42. The summed E-state index contributed by atoms with van der Waals surface area (Å²) in [4.78, 5) is 34.2. The molecular weight excluding hydrogens is 330 g/mol. The van der Waals surface area contributed by atoms with Crippen molar-refractivity contribution in [3.8, 4) is 11.1 Å². The van der Waals surface area contributed by atoms with E-state index >= 15 is 0 Å². The minimum Gasteiger partial charge on any atom is -0.362 e. The maximum atomic E-state index is 12.6. The zero-order chi connectivity index (χ0) is 18.7. The maximum absolute atomic E-state index is 12.6. The van der Waals surface area contributed by atoms with Gasteiger partial charge in [0.15, 0.2) is 0 Å². The molecule has 1 aliphatic carbocycles. The summed E-state index contributed by atoms with van der Waals surface area (Å²) < 4.78 is 0. The minimum atomic E-state index is -0.227. The molecule has 0 bridgehead atoms. The van der Waals surface area contributed by atoms with E-state index in [1.807, 2.05) is 20.2 Å². The van der Waals surface area contributed by atoms with Crippen LogP contribution in [0.3, 0.4) is 0 Å². The van der Waals surface area contributed by atoms with Crippen LogP contribution in [0.25, 0.3) is 11.1 Å². The van der Waals surface area contributed by atoms with E-state index in [2.05, 4.69) is 26.3 Å². The van der Waals surface area contributed by atoms with Gasteiger partial charge in [-0.15, -0.1) is 5.73 Å². The number of carbonyl (C=O) groups excluding carboxylic acids is 2. The lowest BCUT2D eigenvalue weighted by Crippen LogP contribution is -2.26. The third-order valence-corrected chi connectivity index (χ3v) is 3.78. The molecule has 0 aliphatic heterocycles. The quantitative estimate of drug-likeness (QED) is 0.809. The second-order valence-corrected chi connectivity index (χ2v) is 6.09. The Morgan fingerprint density at radius 1 is 1.15 bits per heavy atom. The molecular formula is C19H19N5O2. The first-order chi connectivity index (χ1) is 12.4. The summed E-state index contributed by atoms with van der Waals surface area (Å²) in [5.41, 5.74) is 5.74. The smallest absolute Gasteiger partial charge is 0.259 e. The summed E-state index contributed by atoms with van der Waals surface area (Å²) in [6.07, 6.45) is 5.87. The number of nitrogens with zero attached hydrogens (tertiary/aromatic N) is 3. The second kappa shape index (κ2) is 7.21. The van der Waals surface area contributed by atoms with Crippen molar-refractivity contribution in [2.24, 2.45) is 0 Å². The van der Waals surface area contributed by atoms with Gasteiger partial charge < -0.3 is 15.5 Å². The van der Waals surface area contributed by atoms with Gasteiger partial charge in [0.2, 0.25) is 5.91 Å². The predicted octanol–water partition coefficient (Wildman–Crippen LogP) is 2.34. The largest absolute Gasteiger partial charge is 0.362 e. The third kappa shape index (κ3) is 3.79. The van der Waals surface area contributed by atoms with Crippen LogP contribution in [0, 0.1) is 0 Å². The van der Waals surface area contributed by atoms with Gasteiger partial charge in [0.1, 0.15) is 11.6 Å². The number of pyridine rings is 2. The van der Waals surface area contributed by atoms with E-state index in [0.29, 0.717) is 23.6 Å². The third-order valence-electron chi connectivity index (χ3n) is 3.78. The zero-order valence-electron chi connectivity index (χ0n) is 14.8. The molecule has 2 amide bonds. The fraction of sp³-hybridized carbons (Fsp3) is 0.211. The van der Waals surface area contributed by atoms with E-state index in [0.717, 1.165) is 16.8 Å². The van der Waals surface area contributed by atoms with Crippen molar-refractivity contribution in [2.45, 2.75) is 13.3 Å². The van der Waals surface area contributed by atoms with Crippen molar-refractivity contribution >= 4 is 23.5 Å². The molecule has 0 unspecified atom stereocenters. The average Bonchev–Trinajstić information content (AvgIpc) is 2.57. The van der Waals surface area contributed by atoms with E-state index < -0.39 is 0 Å². The Balaban J connectivity index is 1.98. The van der Waals surface area contributed by atoms with Gasteiger partial charge in [0, 0.05) is 45.4 Å². The molecule has 7 heteroatoms. The van der Waals surface area contributed by atoms with Gasteiger partial charge in [-0.2, -0.15) is 0 Å². The van der Waals surface area contributed by atoms with Crippen LogP contribution in [0.1, 0.15) is 23.7 Å². The normalized spacial score (nSPS) is 12.0. The number of rotatable bonds is 5. The Morgan fingerprint density at radius 2 is 1.92 bits per heavy atom. The van der Waals surface area contributed by atoms with Gasteiger partial charge in [0.25, 0.3) is 5.91 Å². The van der Waals surface area contributed by atoms with E-state index in [4.69, 9.17) is 0 Å². The summed E-state index contributed by atoms with van der Waals surface area (Å²) in [6, 6.07) is 5.33. The SMILES string of the molecule is CC(=O)Nc1cc(-c2cnc(N(C)C)c(C(=O)NC3=C=CC3)c2)ccn1. The van der Waals surface area contributed by atoms with Crippen LogP contribution < -0.4 is 15.5 Å². The summed E-state index contributed by atoms with van der Waals surface area (Å²) in [5.74, 6) is 0.598. The van der Waals surface area contributed by atoms with Crippen molar-refractivity contribution in [3.05, 3.63) is 53.7 Å². The first-order valence-corrected chi connectivity index (χ1v) is 8.11. The predicted molar refractivity (Wildman–Crippen MR) is 99.8 cm³/mol. The maximum Gasteiger partial charge on any atom is 0.259 e. The number of aromatic nitrogens is 2. The van der Waals surface area contributed by atoms with Gasteiger partial charge in [0.05, 0.1) is 11.3 Å². The van der Waals surface area contributed by atoms with E-state index in [-0.39, 0.29) is 11.8 Å². The molecule has 2 aromatic heterocycles. The Morgan fingerprint density at radius 3 is 2.54 bits per heavy atom. The lowest BCUT2D eigenvalue weighted by molar-refractivity contribution is -0.114. The van der Waals surface area contributed by atoms with Gasteiger partial charge in [-0.25, -0.2) is 9.97 Å². The van der Waals surface area contributed by atoms with Gasteiger partial charge in [-0.3, -0.25) is 9.59 Å². The number of hydrogen-bond donors (Lipinski definition) is 2. The molecule has 2 heterocycles. The Labute approximate surface area is 151 Å². The topological polar surface area (TPSA) is 87.2 Å². The summed E-state index contributed by atoms with van der Waals surface area (Å²) >= 11 is 0.